The minimum Gasteiger partial charge on any atom is -0.298 e. The summed E-state index contributed by atoms with van der Waals surface area (Å²) in [4.78, 5) is 2.41. The molecule has 1 rings (SSSR count). The van der Waals surface area contributed by atoms with Crippen molar-refractivity contribution in [3.8, 4) is 0 Å². The zero-order chi connectivity index (χ0) is 5.28. The summed E-state index contributed by atoms with van der Waals surface area (Å²) in [6.07, 6.45) is 1.06. The zero-order valence-electron chi connectivity index (χ0n) is 4.85. The fourth-order valence-corrected chi connectivity index (χ4v) is 0.807. The van der Waals surface area contributed by atoms with Gasteiger partial charge >= 0.3 is 0 Å². The molecule has 1 aliphatic rings. The minimum atomic E-state index is 0.863. The van der Waals surface area contributed by atoms with E-state index in [0.29, 0.717) is 0 Å². The lowest BCUT2D eigenvalue weighted by molar-refractivity contribution is 0.526. The highest BCUT2D eigenvalue weighted by atomic mass is 15.3. The third-order valence-electron chi connectivity index (χ3n) is 1.43. The molecule has 0 spiro atoms. The van der Waals surface area contributed by atoms with Gasteiger partial charge in [0, 0.05) is 12.6 Å². The summed E-state index contributed by atoms with van der Waals surface area (Å²) in [5.41, 5.74) is 0. The maximum Gasteiger partial charge on any atom is 0.0195 e. The lowest BCUT2D eigenvalue weighted by Crippen LogP contribution is -1.99. The molecule has 1 heterocycles. The van der Waals surface area contributed by atoms with Crippen molar-refractivity contribution >= 4 is 0 Å². The normalized spacial score (nSPS) is 38.6. The first-order valence-corrected chi connectivity index (χ1v) is 2.88. The van der Waals surface area contributed by atoms with Gasteiger partial charge in [0.15, 0.2) is 0 Å². The molecule has 0 N–H and O–H groups in total. The van der Waals surface area contributed by atoms with E-state index in [1.807, 2.05) is 0 Å². The lowest BCUT2D eigenvalue weighted by Gasteiger charge is -1.92. The van der Waals surface area contributed by atoms with Gasteiger partial charge in [-0.1, -0.05) is 6.92 Å². The molecule has 0 aromatic rings. The van der Waals surface area contributed by atoms with E-state index in [0.717, 1.165) is 12.5 Å². The van der Waals surface area contributed by atoms with Gasteiger partial charge in [0.2, 0.25) is 0 Å². The van der Waals surface area contributed by atoms with Crippen LogP contribution in [0.2, 0.25) is 0 Å². The number of rotatable bonds is 2. The van der Waals surface area contributed by atoms with Crippen molar-refractivity contribution in [1.29, 1.82) is 0 Å². The van der Waals surface area contributed by atoms with Crippen LogP contribution in [0.4, 0.5) is 0 Å². The van der Waals surface area contributed by atoms with E-state index in [2.05, 4.69) is 18.7 Å². The summed E-state index contributed by atoms with van der Waals surface area (Å²) in [7, 11) is 0. The van der Waals surface area contributed by atoms with Crippen molar-refractivity contribution in [2.75, 3.05) is 13.1 Å². The van der Waals surface area contributed by atoms with Crippen LogP contribution in [0.3, 0.4) is 0 Å². The van der Waals surface area contributed by atoms with Gasteiger partial charge in [-0.2, -0.15) is 0 Å². The topological polar surface area (TPSA) is 3.01 Å². The monoisotopic (exact) mass is 98.1 g/mol. The predicted octanol–water partition coefficient (Wildman–Crippen LogP) is 0.915. The number of hydrogen-bond donors (Lipinski definition) is 0. The van der Waals surface area contributed by atoms with Crippen LogP contribution in [0.5, 0.6) is 0 Å². The van der Waals surface area contributed by atoms with E-state index in [4.69, 9.17) is 0 Å². The van der Waals surface area contributed by atoms with Crippen molar-refractivity contribution in [2.24, 2.45) is 0 Å². The molecule has 7 heavy (non-hydrogen) atoms. The summed E-state index contributed by atoms with van der Waals surface area (Å²) in [5, 5.41) is 0. The quantitative estimate of drug-likeness (QED) is 0.464. The molecule has 1 radical (unpaired) electrons. The fourth-order valence-electron chi connectivity index (χ4n) is 0.807. The molecule has 0 saturated carbocycles. The molecule has 1 saturated heterocycles. The molecule has 0 aromatic heterocycles. The van der Waals surface area contributed by atoms with Gasteiger partial charge in [-0.25, -0.2) is 0 Å². The molecule has 1 heteroatoms. The molecule has 2 unspecified atom stereocenters. The third kappa shape index (κ3) is 1.16. The van der Waals surface area contributed by atoms with Gasteiger partial charge in [-0.05, 0) is 19.9 Å². The van der Waals surface area contributed by atoms with E-state index in [-0.39, 0.29) is 0 Å². The Labute approximate surface area is 45.3 Å². The molecule has 1 fully saturated rings. The van der Waals surface area contributed by atoms with Crippen molar-refractivity contribution in [3.63, 3.8) is 0 Å². The molecule has 0 bridgehead atoms. The van der Waals surface area contributed by atoms with Crippen molar-refractivity contribution in [3.05, 3.63) is 6.92 Å². The van der Waals surface area contributed by atoms with Gasteiger partial charge in [0.25, 0.3) is 0 Å². The molecule has 1 aliphatic heterocycles. The maximum atomic E-state index is 3.76. The van der Waals surface area contributed by atoms with Crippen molar-refractivity contribution in [1.82, 2.24) is 4.90 Å². The largest absolute Gasteiger partial charge is 0.298 e. The smallest absolute Gasteiger partial charge is 0.0195 e. The zero-order valence-corrected chi connectivity index (χ0v) is 4.85. The van der Waals surface area contributed by atoms with Gasteiger partial charge in [-0.15, -0.1) is 0 Å². The molecule has 0 amide bonds. The highest BCUT2D eigenvalue weighted by molar-refractivity contribution is 4.83. The molecular weight excluding hydrogens is 86.1 g/mol. The molecule has 0 aromatic carbocycles. The Hall–Kier alpha value is -0.0400. The van der Waals surface area contributed by atoms with Crippen LogP contribution in [0, 0.1) is 6.92 Å². The Morgan fingerprint density at radius 2 is 2.43 bits per heavy atom. The van der Waals surface area contributed by atoms with E-state index >= 15 is 0 Å². The Bertz CT molecular complexity index is 61.2. The summed E-state index contributed by atoms with van der Waals surface area (Å²) in [5.74, 6) is 0. The highest BCUT2D eigenvalue weighted by Gasteiger charge is 2.26. The first-order valence-electron chi connectivity index (χ1n) is 2.88. The Balaban J connectivity index is 1.98. The second-order valence-electron chi connectivity index (χ2n) is 2.20. The molecular formula is C6H12N. The van der Waals surface area contributed by atoms with Crippen molar-refractivity contribution in [2.45, 2.75) is 19.4 Å². The fraction of sp³-hybridized carbons (Fsp3) is 0.833. The van der Waals surface area contributed by atoms with Crippen LogP contribution in [-0.4, -0.2) is 24.0 Å². The second-order valence-corrected chi connectivity index (χ2v) is 2.20. The van der Waals surface area contributed by atoms with Crippen LogP contribution in [0.25, 0.3) is 0 Å². The average Bonchev–Trinajstić information content (AvgIpc) is 2.22. The van der Waals surface area contributed by atoms with Crippen LogP contribution in [0.15, 0.2) is 0 Å². The Morgan fingerprint density at radius 1 is 1.86 bits per heavy atom. The van der Waals surface area contributed by atoms with Gasteiger partial charge in [-0.3, -0.25) is 4.90 Å². The summed E-state index contributed by atoms with van der Waals surface area (Å²) in [6, 6.07) is 0.863. The first kappa shape index (κ1) is 5.10. The first-order chi connectivity index (χ1) is 3.34. The molecule has 2 atom stereocenters. The van der Waals surface area contributed by atoms with Gasteiger partial charge < -0.3 is 0 Å². The lowest BCUT2D eigenvalue weighted by atomic mass is 10.5. The van der Waals surface area contributed by atoms with E-state index < -0.39 is 0 Å². The SMILES string of the molecule is [CH2]CCN1CC1C. The predicted molar refractivity (Wildman–Crippen MR) is 31.0 cm³/mol. The maximum absolute atomic E-state index is 3.76. The van der Waals surface area contributed by atoms with E-state index in [9.17, 15) is 0 Å². The summed E-state index contributed by atoms with van der Waals surface area (Å²) >= 11 is 0. The standard InChI is InChI=1S/C6H12N/c1-3-4-7-5-6(7)2/h6H,1,3-5H2,2H3. The summed E-state index contributed by atoms with van der Waals surface area (Å²) in [6.45, 7) is 8.50. The summed E-state index contributed by atoms with van der Waals surface area (Å²) < 4.78 is 0. The molecule has 0 aliphatic carbocycles. The Morgan fingerprint density at radius 3 is 2.57 bits per heavy atom. The third-order valence-corrected chi connectivity index (χ3v) is 1.43. The van der Waals surface area contributed by atoms with Crippen LogP contribution in [-0.2, 0) is 0 Å². The van der Waals surface area contributed by atoms with Crippen LogP contribution < -0.4 is 0 Å². The van der Waals surface area contributed by atoms with E-state index in [1.54, 1.807) is 0 Å². The molecule has 1 nitrogen and oxygen atoms in total. The van der Waals surface area contributed by atoms with Crippen LogP contribution >= 0.6 is 0 Å². The van der Waals surface area contributed by atoms with Crippen molar-refractivity contribution < 1.29 is 0 Å². The van der Waals surface area contributed by atoms with E-state index in [1.165, 1.54) is 13.1 Å². The van der Waals surface area contributed by atoms with Gasteiger partial charge in [0.05, 0.1) is 0 Å². The highest BCUT2D eigenvalue weighted by Crippen LogP contribution is 2.14. The average molecular weight is 98.2 g/mol. The van der Waals surface area contributed by atoms with Crippen LogP contribution in [0.1, 0.15) is 13.3 Å². The number of hydrogen-bond acceptors (Lipinski definition) is 1. The number of nitrogens with zero attached hydrogens (tertiary/aromatic N) is 1. The minimum absolute atomic E-state index is 0.863. The van der Waals surface area contributed by atoms with Gasteiger partial charge in [0.1, 0.15) is 0 Å². The second kappa shape index (κ2) is 1.83. The Kier molecular flexibility index (Phi) is 1.33. The molecule has 41 valence electrons.